The van der Waals surface area contributed by atoms with Gasteiger partial charge in [-0.1, -0.05) is 37.1 Å². The molecule has 0 aromatic heterocycles. The monoisotopic (exact) mass is 443 g/mol. The van der Waals surface area contributed by atoms with Crippen LogP contribution in [0.5, 0.6) is 0 Å². The summed E-state index contributed by atoms with van der Waals surface area (Å²) in [7, 11) is -3.44. The molecule has 0 spiro atoms. The third-order valence-corrected chi connectivity index (χ3v) is 6.79. The van der Waals surface area contributed by atoms with Crippen molar-refractivity contribution in [3.8, 4) is 0 Å². The van der Waals surface area contributed by atoms with Gasteiger partial charge in [-0.3, -0.25) is 9.10 Å². The van der Waals surface area contributed by atoms with Gasteiger partial charge in [0.2, 0.25) is 10.0 Å². The summed E-state index contributed by atoms with van der Waals surface area (Å²) in [4.78, 5) is 14.9. The second kappa shape index (κ2) is 10.8. The van der Waals surface area contributed by atoms with Gasteiger partial charge < -0.3 is 10.2 Å². The molecule has 2 aromatic carbocycles. The molecule has 31 heavy (non-hydrogen) atoms. The zero-order valence-electron chi connectivity index (χ0n) is 18.5. The Hall–Kier alpha value is -2.38. The highest BCUT2D eigenvalue weighted by Crippen LogP contribution is 2.22. The van der Waals surface area contributed by atoms with E-state index in [0.29, 0.717) is 17.8 Å². The van der Waals surface area contributed by atoms with Crippen LogP contribution < -0.4 is 9.62 Å². The lowest BCUT2D eigenvalue weighted by molar-refractivity contribution is 0.0948. The van der Waals surface area contributed by atoms with E-state index < -0.39 is 10.0 Å². The minimum atomic E-state index is -3.44. The summed E-state index contributed by atoms with van der Waals surface area (Å²) in [6.07, 6.45) is 6.29. The SMILES string of the molecule is Cc1cccc(N(Cc2ccc(C(=O)NCCN3CCCCCC3)cc2)S(C)(=O)=O)c1. The summed E-state index contributed by atoms with van der Waals surface area (Å²) < 4.78 is 26.1. The number of carbonyl (C=O) groups is 1. The number of carbonyl (C=O) groups excluding carboxylic acids is 1. The van der Waals surface area contributed by atoms with Crippen molar-refractivity contribution in [1.29, 1.82) is 0 Å². The molecule has 2 aromatic rings. The van der Waals surface area contributed by atoms with Crippen LogP contribution >= 0.6 is 0 Å². The Morgan fingerprint density at radius 2 is 1.71 bits per heavy atom. The Balaban J connectivity index is 1.58. The Kier molecular flexibility index (Phi) is 8.09. The van der Waals surface area contributed by atoms with Crippen LogP contribution in [-0.4, -0.2) is 51.7 Å². The topological polar surface area (TPSA) is 69.7 Å². The molecule has 1 amide bonds. The van der Waals surface area contributed by atoms with Crippen LogP contribution in [0.2, 0.25) is 0 Å². The van der Waals surface area contributed by atoms with Crippen molar-refractivity contribution in [3.05, 3.63) is 65.2 Å². The standard InChI is InChI=1S/C24H33N3O3S/c1-20-8-7-9-23(18-20)27(31(2,29)30)19-21-10-12-22(13-11-21)24(28)25-14-17-26-15-5-3-4-6-16-26/h7-13,18H,3-6,14-17,19H2,1-2H3,(H,25,28). The number of hydrogen-bond donors (Lipinski definition) is 1. The molecule has 0 bridgehead atoms. The molecule has 0 atom stereocenters. The van der Waals surface area contributed by atoms with Crippen LogP contribution in [0.25, 0.3) is 0 Å². The maximum atomic E-state index is 12.5. The van der Waals surface area contributed by atoms with E-state index in [1.165, 1.54) is 36.2 Å². The predicted molar refractivity (Wildman–Crippen MR) is 126 cm³/mol. The molecule has 6 nitrogen and oxygen atoms in total. The van der Waals surface area contributed by atoms with Crippen molar-refractivity contribution in [1.82, 2.24) is 10.2 Å². The first-order valence-electron chi connectivity index (χ1n) is 11.0. The summed E-state index contributed by atoms with van der Waals surface area (Å²) in [6.45, 7) is 5.90. The number of nitrogens with one attached hydrogen (secondary N) is 1. The van der Waals surface area contributed by atoms with Gasteiger partial charge >= 0.3 is 0 Å². The molecule has 1 saturated heterocycles. The second-order valence-corrected chi connectivity index (χ2v) is 10.2. The maximum absolute atomic E-state index is 12.5. The van der Waals surface area contributed by atoms with Gasteiger partial charge in [-0.15, -0.1) is 0 Å². The highest BCUT2D eigenvalue weighted by Gasteiger charge is 2.18. The number of rotatable bonds is 8. The van der Waals surface area contributed by atoms with Gasteiger partial charge in [0.25, 0.3) is 5.91 Å². The summed E-state index contributed by atoms with van der Waals surface area (Å²) >= 11 is 0. The minimum Gasteiger partial charge on any atom is -0.351 e. The number of amides is 1. The number of likely N-dealkylation sites (tertiary alicyclic amines) is 1. The van der Waals surface area contributed by atoms with Gasteiger partial charge in [-0.05, 0) is 68.2 Å². The van der Waals surface area contributed by atoms with E-state index in [0.717, 1.165) is 30.8 Å². The fourth-order valence-electron chi connectivity index (χ4n) is 3.90. The van der Waals surface area contributed by atoms with Gasteiger partial charge in [-0.2, -0.15) is 0 Å². The molecule has 168 valence electrons. The summed E-state index contributed by atoms with van der Waals surface area (Å²) in [5.74, 6) is -0.0972. The lowest BCUT2D eigenvalue weighted by Gasteiger charge is -2.23. The fraction of sp³-hybridized carbons (Fsp3) is 0.458. The molecule has 1 heterocycles. The maximum Gasteiger partial charge on any atom is 0.251 e. The number of benzene rings is 2. The Labute approximate surface area is 186 Å². The normalized spacial score (nSPS) is 15.3. The zero-order chi connectivity index (χ0) is 22.3. The van der Waals surface area contributed by atoms with Crippen molar-refractivity contribution in [3.63, 3.8) is 0 Å². The van der Waals surface area contributed by atoms with Gasteiger partial charge in [0.05, 0.1) is 18.5 Å². The van der Waals surface area contributed by atoms with Crippen molar-refractivity contribution in [2.24, 2.45) is 0 Å². The summed E-state index contributed by atoms with van der Waals surface area (Å²) in [5.41, 5.74) is 3.05. The van der Waals surface area contributed by atoms with E-state index >= 15 is 0 Å². The Bertz CT molecular complexity index is 966. The molecule has 7 heteroatoms. The van der Waals surface area contributed by atoms with Gasteiger partial charge in [0, 0.05) is 18.7 Å². The number of nitrogens with zero attached hydrogens (tertiary/aromatic N) is 2. The van der Waals surface area contributed by atoms with Gasteiger partial charge in [0.1, 0.15) is 0 Å². The molecule has 0 aliphatic carbocycles. The number of sulfonamides is 1. The fourth-order valence-corrected chi connectivity index (χ4v) is 4.78. The van der Waals surface area contributed by atoms with E-state index in [9.17, 15) is 13.2 Å². The average molecular weight is 444 g/mol. The minimum absolute atomic E-state index is 0.0972. The molecule has 0 unspecified atom stereocenters. The van der Waals surface area contributed by atoms with Crippen LogP contribution in [0, 0.1) is 6.92 Å². The van der Waals surface area contributed by atoms with Crippen LogP contribution in [0.1, 0.15) is 47.2 Å². The highest BCUT2D eigenvalue weighted by atomic mass is 32.2. The van der Waals surface area contributed by atoms with Gasteiger partial charge in [0.15, 0.2) is 0 Å². The van der Waals surface area contributed by atoms with Crippen molar-refractivity contribution < 1.29 is 13.2 Å². The van der Waals surface area contributed by atoms with Crippen molar-refractivity contribution in [2.75, 3.05) is 36.7 Å². The quantitative estimate of drug-likeness (QED) is 0.677. The zero-order valence-corrected chi connectivity index (χ0v) is 19.3. The average Bonchev–Trinajstić information content (AvgIpc) is 3.00. The lowest BCUT2D eigenvalue weighted by atomic mass is 10.1. The molecule has 1 fully saturated rings. The van der Waals surface area contributed by atoms with Crippen molar-refractivity contribution in [2.45, 2.75) is 39.2 Å². The molecular weight excluding hydrogens is 410 g/mol. The molecule has 1 aliphatic heterocycles. The van der Waals surface area contributed by atoms with E-state index in [2.05, 4.69) is 10.2 Å². The number of anilines is 1. The van der Waals surface area contributed by atoms with Crippen LogP contribution in [-0.2, 0) is 16.6 Å². The van der Waals surface area contributed by atoms with E-state index in [1.807, 2.05) is 37.3 Å². The Morgan fingerprint density at radius 3 is 2.32 bits per heavy atom. The Morgan fingerprint density at radius 1 is 1.03 bits per heavy atom. The molecule has 1 N–H and O–H groups in total. The highest BCUT2D eigenvalue weighted by molar-refractivity contribution is 7.92. The van der Waals surface area contributed by atoms with Crippen LogP contribution in [0.15, 0.2) is 48.5 Å². The number of aryl methyl sites for hydroxylation is 1. The third-order valence-electron chi connectivity index (χ3n) is 5.64. The van der Waals surface area contributed by atoms with E-state index in [-0.39, 0.29) is 12.5 Å². The largest absolute Gasteiger partial charge is 0.351 e. The van der Waals surface area contributed by atoms with Crippen molar-refractivity contribution >= 4 is 21.6 Å². The summed E-state index contributed by atoms with van der Waals surface area (Å²) in [5, 5.41) is 3.00. The second-order valence-electron chi connectivity index (χ2n) is 8.32. The first-order valence-corrected chi connectivity index (χ1v) is 12.8. The first kappa shape index (κ1) is 23.3. The van der Waals surface area contributed by atoms with E-state index in [1.54, 1.807) is 18.2 Å². The molecule has 1 aliphatic rings. The smallest absolute Gasteiger partial charge is 0.251 e. The van der Waals surface area contributed by atoms with E-state index in [4.69, 9.17) is 0 Å². The third kappa shape index (κ3) is 7.08. The first-order chi connectivity index (χ1) is 14.8. The molecule has 0 saturated carbocycles. The van der Waals surface area contributed by atoms with Crippen LogP contribution in [0.3, 0.4) is 0 Å². The number of hydrogen-bond acceptors (Lipinski definition) is 4. The molecular formula is C24H33N3O3S. The molecule has 0 radical (unpaired) electrons. The summed E-state index contributed by atoms with van der Waals surface area (Å²) in [6, 6.07) is 14.6. The molecule has 3 rings (SSSR count). The van der Waals surface area contributed by atoms with Crippen LogP contribution in [0.4, 0.5) is 5.69 Å². The van der Waals surface area contributed by atoms with Gasteiger partial charge in [-0.25, -0.2) is 8.42 Å². The lowest BCUT2D eigenvalue weighted by Crippen LogP contribution is -2.35. The predicted octanol–water partition coefficient (Wildman–Crippen LogP) is 3.57.